The van der Waals surface area contributed by atoms with Crippen molar-refractivity contribution >= 4 is 47.0 Å². The summed E-state index contributed by atoms with van der Waals surface area (Å²) in [6.45, 7) is 8.87. The fourth-order valence-electron chi connectivity index (χ4n) is 1.83. The van der Waals surface area contributed by atoms with E-state index in [1.807, 2.05) is 47.0 Å². The Morgan fingerprint density at radius 2 is 0.900 bits per heavy atom. The van der Waals surface area contributed by atoms with Gasteiger partial charge >= 0.3 is 0 Å². The molecule has 0 unspecified atom stereocenters. The predicted molar refractivity (Wildman–Crippen MR) is 102 cm³/mol. The molecule has 0 saturated heterocycles. The summed E-state index contributed by atoms with van der Waals surface area (Å²) in [4.78, 5) is 5.89. The highest BCUT2D eigenvalue weighted by molar-refractivity contribution is 8.28. The van der Waals surface area contributed by atoms with Crippen molar-refractivity contribution in [2.24, 2.45) is 0 Å². The molecule has 0 bridgehead atoms. The van der Waals surface area contributed by atoms with E-state index in [2.05, 4.69) is 39.8 Å². The van der Waals surface area contributed by atoms with Crippen LogP contribution >= 0.6 is 47.0 Å². The summed E-state index contributed by atoms with van der Waals surface area (Å²) in [6, 6.07) is 0. The first-order valence-corrected chi connectivity index (χ1v) is 10.3. The molecule has 0 nitrogen and oxygen atoms in total. The van der Waals surface area contributed by atoms with E-state index >= 15 is 0 Å². The molecule has 20 heavy (non-hydrogen) atoms. The maximum atomic E-state index is 2.41. The Hall–Kier alpha value is 0.360. The number of rotatable bonds is 5. The molecule has 2 aliphatic heterocycles. The summed E-state index contributed by atoms with van der Waals surface area (Å²) in [6.07, 6.45) is 9.86. The van der Waals surface area contributed by atoms with E-state index in [0.29, 0.717) is 0 Å². The van der Waals surface area contributed by atoms with Gasteiger partial charge in [0, 0.05) is 8.47 Å². The molecule has 2 aliphatic rings. The molecule has 0 aromatic carbocycles. The van der Waals surface area contributed by atoms with Crippen molar-refractivity contribution < 1.29 is 0 Å². The minimum absolute atomic E-state index is 1.22. The van der Waals surface area contributed by atoms with Gasteiger partial charge in [0.05, 0.1) is 0 Å². The fraction of sp³-hybridized carbons (Fsp3) is 0.500. The molecule has 0 N–H and O–H groups in total. The standard InChI is InChI=1S/C16H22S4/c1-11-12(2)18-15(17-11)9-7-5-6-8-10-16-19-13(3)14(4)20-16/h9-10H,5-8H2,1-4H3. The van der Waals surface area contributed by atoms with Gasteiger partial charge in [-0.25, -0.2) is 0 Å². The molecule has 0 aliphatic carbocycles. The third-order valence-corrected chi connectivity index (χ3v) is 8.47. The summed E-state index contributed by atoms with van der Waals surface area (Å²) >= 11 is 7.75. The lowest BCUT2D eigenvalue weighted by Crippen LogP contribution is -1.74. The van der Waals surface area contributed by atoms with Gasteiger partial charge in [0.25, 0.3) is 0 Å². The van der Waals surface area contributed by atoms with Crippen LogP contribution in [-0.2, 0) is 0 Å². The highest BCUT2D eigenvalue weighted by Gasteiger charge is 2.14. The maximum Gasteiger partial charge on any atom is 0.0452 e. The van der Waals surface area contributed by atoms with Crippen LogP contribution in [0.4, 0.5) is 0 Å². The third kappa shape index (κ3) is 4.97. The van der Waals surface area contributed by atoms with Gasteiger partial charge in [-0.1, -0.05) is 59.2 Å². The van der Waals surface area contributed by atoms with Crippen molar-refractivity contribution in [2.45, 2.75) is 53.4 Å². The summed E-state index contributed by atoms with van der Waals surface area (Å²) < 4.78 is 2.96. The lowest BCUT2D eigenvalue weighted by atomic mass is 10.2. The topological polar surface area (TPSA) is 0 Å². The Morgan fingerprint density at radius 1 is 0.600 bits per heavy atom. The van der Waals surface area contributed by atoms with Crippen molar-refractivity contribution in [3.63, 3.8) is 0 Å². The van der Waals surface area contributed by atoms with Crippen LogP contribution in [0.5, 0.6) is 0 Å². The second-order valence-electron chi connectivity index (χ2n) is 4.96. The van der Waals surface area contributed by atoms with Crippen LogP contribution in [0, 0.1) is 0 Å². The van der Waals surface area contributed by atoms with Gasteiger partial charge < -0.3 is 0 Å². The Bertz CT molecular complexity index is 417. The number of allylic oxidation sites excluding steroid dienone is 6. The molecule has 0 aromatic heterocycles. The van der Waals surface area contributed by atoms with Gasteiger partial charge in [-0.15, -0.1) is 0 Å². The predicted octanol–water partition coefficient (Wildman–Crippen LogP) is 7.69. The molecule has 0 fully saturated rings. The Kier molecular flexibility index (Phi) is 6.79. The highest BCUT2D eigenvalue weighted by Crippen LogP contribution is 2.49. The van der Waals surface area contributed by atoms with Crippen molar-refractivity contribution in [1.29, 1.82) is 0 Å². The van der Waals surface area contributed by atoms with E-state index in [-0.39, 0.29) is 0 Å². The van der Waals surface area contributed by atoms with Gasteiger partial charge in [-0.2, -0.15) is 0 Å². The van der Waals surface area contributed by atoms with Crippen LogP contribution in [0.15, 0.2) is 40.2 Å². The van der Waals surface area contributed by atoms with Crippen LogP contribution in [0.3, 0.4) is 0 Å². The third-order valence-electron chi connectivity index (χ3n) is 3.29. The summed E-state index contributed by atoms with van der Waals surface area (Å²) in [5.74, 6) is 0. The second kappa shape index (κ2) is 8.11. The number of hydrogen-bond donors (Lipinski definition) is 0. The average molecular weight is 343 g/mol. The van der Waals surface area contributed by atoms with Gasteiger partial charge in [0.2, 0.25) is 0 Å². The van der Waals surface area contributed by atoms with Crippen LogP contribution < -0.4 is 0 Å². The molecule has 0 radical (unpaired) electrons. The lowest BCUT2D eigenvalue weighted by Gasteiger charge is -1.98. The maximum absolute atomic E-state index is 2.41. The van der Waals surface area contributed by atoms with Gasteiger partial charge in [-0.3, -0.25) is 0 Å². The molecular formula is C16H22S4. The molecule has 4 heteroatoms. The van der Waals surface area contributed by atoms with Crippen molar-refractivity contribution in [2.75, 3.05) is 0 Å². The van der Waals surface area contributed by atoms with Crippen molar-refractivity contribution in [3.05, 3.63) is 40.2 Å². The highest BCUT2D eigenvalue weighted by atomic mass is 32.2. The van der Waals surface area contributed by atoms with E-state index < -0.39 is 0 Å². The van der Waals surface area contributed by atoms with E-state index in [4.69, 9.17) is 0 Å². The second-order valence-corrected chi connectivity index (χ2v) is 10.5. The van der Waals surface area contributed by atoms with E-state index in [1.165, 1.54) is 53.8 Å². The number of hydrogen-bond acceptors (Lipinski definition) is 4. The summed E-state index contributed by atoms with van der Waals surface area (Å²) in [5.41, 5.74) is 0. The molecule has 110 valence electrons. The molecule has 0 atom stereocenters. The molecule has 0 amide bonds. The van der Waals surface area contributed by atoms with Crippen LogP contribution in [0.25, 0.3) is 0 Å². The minimum Gasteiger partial charge on any atom is -0.0870 e. The van der Waals surface area contributed by atoms with E-state index in [1.54, 1.807) is 0 Å². The molecule has 2 heterocycles. The molecule has 0 saturated carbocycles. The van der Waals surface area contributed by atoms with Gasteiger partial charge in [0.1, 0.15) is 0 Å². The van der Waals surface area contributed by atoms with E-state index in [0.717, 1.165) is 0 Å². The van der Waals surface area contributed by atoms with Gasteiger partial charge in [0.15, 0.2) is 0 Å². The van der Waals surface area contributed by atoms with Crippen LogP contribution in [0.1, 0.15) is 53.4 Å². The Morgan fingerprint density at radius 3 is 1.20 bits per heavy atom. The normalized spacial score (nSPS) is 19.4. The van der Waals surface area contributed by atoms with Gasteiger partial charge in [-0.05, 0) is 73.0 Å². The van der Waals surface area contributed by atoms with E-state index in [9.17, 15) is 0 Å². The lowest BCUT2D eigenvalue weighted by molar-refractivity contribution is 0.762. The molecule has 0 aromatic rings. The molecule has 0 spiro atoms. The summed E-state index contributed by atoms with van der Waals surface area (Å²) in [7, 11) is 0. The monoisotopic (exact) mass is 342 g/mol. The molecular weight excluding hydrogens is 320 g/mol. The smallest absolute Gasteiger partial charge is 0.0452 e. The largest absolute Gasteiger partial charge is 0.0870 e. The average Bonchev–Trinajstić information content (AvgIpc) is 2.88. The fourth-order valence-corrected chi connectivity index (χ4v) is 6.75. The zero-order valence-corrected chi connectivity index (χ0v) is 15.9. The molecule has 2 rings (SSSR count). The van der Waals surface area contributed by atoms with Crippen molar-refractivity contribution in [3.8, 4) is 0 Å². The first kappa shape index (κ1) is 16.7. The van der Waals surface area contributed by atoms with Crippen LogP contribution in [-0.4, -0.2) is 0 Å². The number of thioether (sulfide) groups is 4. The first-order valence-electron chi connectivity index (χ1n) is 7.03. The zero-order chi connectivity index (χ0) is 14.5. The minimum atomic E-state index is 1.22. The SMILES string of the molecule is CC1=C(C)SC(=CCCCCC=C2SC(C)=C(C)S2)S1. The zero-order valence-electron chi connectivity index (χ0n) is 12.6. The van der Waals surface area contributed by atoms with Crippen molar-refractivity contribution in [1.82, 2.24) is 0 Å². The quantitative estimate of drug-likeness (QED) is 0.469. The summed E-state index contributed by atoms with van der Waals surface area (Å²) in [5, 5.41) is 0. The van der Waals surface area contributed by atoms with Crippen LogP contribution in [0.2, 0.25) is 0 Å². The first-order chi connectivity index (χ1) is 9.56. The Labute approximate surface area is 140 Å². The number of unbranched alkanes of at least 4 members (excludes halogenated alkanes) is 3. The Balaban J connectivity index is 1.60.